The molecule has 0 unspecified atom stereocenters. The molecule has 0 saturated heterocycles. The summed E-state index contributed by atoms with van der Waals surface area (Å²) in [5.41, 5.74) is 2.25. The molecule has 1 heterocycles. The lowest BCUT2D eigenvalue weighted by Crippen LogP contribution is -2.28. The zero-order chi connectivity index (χ0) is 12.1. The fraction of sp³-hybridized carbons (Fsp3) is 0.308. The molecule has 0 aliphatic heterocycles. The van der Waals surface area contributed by atoms with Gasteiger partial charge in [0.05, 0.1) is 12.3 Å². The molecule has 90 valence electrons. The summed E-state index contributed by atoms with van der Waals surface area (Å²) in [5.74, 6) is 0. The van der Waals surface area contributed by atoms with Crippen LogP contribution in [0.25, 0.3) is 5.69 Å². The number of hydrogen-bond acceptors (Lipinski definition) is 3. The van der Waals surface area contributed by atoms with Crippen molar-refractivity contribution in [2.75, 3.05) is 6.61 Å². The summed E-state index contributed by atoms with van der Waals surface area (Å²) >= 11 is 0. The highest BCUT2D eigenvalue weighted by Crippen LogP contribution is 2.08. The molecule has 2 aromatic rings. The Morgan fingerprint density at radius 1 is 1.35 bits per heavy atom. The minimum absolute atomic E-state index is 0.126. The third-order valence-corrected chi connectivity index (χ3v) is 2.63. The molecule has 17 heavy (non-hydrogen) atoms. The van der Waals surface area contributed by atoms with Crippen LogP contribution in [0.15, 0.2) is 42.7 Å². The van der Waals surface area contributed by atoms with Crippen molar-refractivity contribution in [2.24, 2.45) is 0 Å². The molecule has 1 aromatic carbocycles. The first-order chi connectivity index (χ1) is 8.29. The van der Waals surface area contributed by atoms with Crippen molar-refractivity contribution in [1.82, 2.24) is 15.1 Å². The topological polar surface area (TPSA) is 50.1 Å². The Morgan fingerprint density at radius 2 is 2.12 bits per heavy atom. The van der Waals surface area contributed by atoms with E-state index in [1.807, 2.05) is 36.0 Å². The minimum atomic E-state index is 0.126. The lowest BCUT2D eigenvalue weighted by atomic mass is 10.2. The van der Waals surface area contributed by atoms with Crippen LogP contribution in [0.5, 0.6) is 0 Å². The number of rotatable bonds is 5. The van der Waals surface area contributed by atoms with E-state index in [1.165, 1.54) is 5.56 Å². The van der Waals surface area contributed by atoms with Crippen molar-refractivity contribution in [3.63, 3.8) is 0 Å². The quantitative estimate of drug-likeness (QED) is 0.816. The summed E-state index contributed by atoms with van der Waals surface area (Å²) in [6.45, 7) is 2.88. The number of nitrogens with zero attached hydrogens (tertiary/aromatic N) is 2. The number of aliphatic hydroxyl groups excluding tert-OH is 1. The molecular formula is C13H17N3O. The van der Waals surface area contributed by atoms with Gasteiger partial charge in [-0.25, -0.2) is 4.68 Å². The maximum absolute atomic E-state index is 8.91. The second kappa shape index (κ2) is 5.61. The molecule has 0 amide bonds. The molecule has 0 radical (unpaired) electrons. The van der Waals surface area contributed by atoms with Gasteiger partial charge in [0.25, 0.3) is 0 Å². The normalized spacial score (nSPS) is 12.6. The van der Waals surface area contributed by atoms with E-state index in [0.717, 1.165) is 12.2 Å². The number of nitrogens with one attached hydrogen (secondary N) is 1. The van der Waals surface area contributed by atoms with Gasteiger partial charge in [-0.05, 0) is 30.7 Å². The zero-order valence-electron chi connectivity index (χ0n) is 9.87. The number of hydrogen-bond donors (Lipinski definition) is 2. The maximum atomic E-state index is 8.91. The Labute approximate surface area is 101 Å². The van der Waals surface area contributed by atoms with Crippen LogP contribution in [0.3, 0.4) is 0 Å². The highest BCUT2D eigenvalue weighted by atomic mass is 16.3. The third-order valence-electron chi connectivity index (χ3n) is 2.63. The second-order valence-corrected chi connectivity index (χ2v) is 4.08. The minimum Gasteiger partial charge on any atom is -0.395 e. The molecule has 0 saturated carbocycles. The lowest BCUT2D eigenvalue weighted by Gasteiger charge is -2.10. The van der Waals surface area contributed by atoms with Crippen LogP contribution in [-0.2, 0) is 6.54 Å². The van der Waals surface area contributed by atoms with E-state index in [-0.39, 0.29) is 12.6 Å². The predicted octanol–water partition coefficient (Wildman–Crippen LogP) is 1.34. The van der Waals surface area contributed by atoms with Gasteiger partial charge in [0.2, 0.25) is 0 Å². The molecular weight excluding hydrogens is 214 g/mol. The van der Waals surface area contributed by atoms with E-state index in [9.17, 15) is 0 Å². The second-order valence-electron chi connectivity index (χ2n) is 4.08. The Kier molecular flexibility index (Phi) is 3.90. The van der Waals surface area contributed by atoms with Gasteiger partial charge < -0.3 is 10.4 Å². The van der Waals surface area contributed by atoms with Gasteiger partial charge in [-0.2, -0.15) is 5.10 Å². The van der Waals surface area contributed by atoms with Gasteiger partial charge in [0.15, 0.2) is 0 Å². The van der Waals surface area contributed by atoms with Crippen molar-refractivity contribution in [1.29, 1.82) is 0 Å². The molecule has 4 heteroatoms. The fourth-order valence-corrected chi connectivity index (χ4v) is 1.54. The molecule has 0 aliphatic rings. The predicted molar refractivity (Wildman–Crippen MR) is 67.0 cm³/mol. The van der Waals surface area contributed by atoms with Crippen molar-refractivity contribution >= 4 is 0 Å². The van der Waals surface area contributed by atoms with Gasteiger partial charge in [0.1, 0.15) is 0 Å². The Hall–Kier alpha value is -1.65. The first-order valence-corrected chi connectivity index (χ1v) is 5.73. The van der Waals surface area contributed by atoms with E-state index < -0.39 is 0 Å². The van der Waals surface area contributed by atoms with Crippen LogP contribution < -0.4 is 5.32 Å². The fourth-order valence-electron chi connectivity index (χ4n) is 1.54. The molecule has 2 rings (SSSR count). The van der Waals surface area contributed by atoms with Crippen molar-refractivity contribution < 1.29 is 5.11 Å². The van der Waals surface area contributed by atoms with E-state index >= 15 is 0 Å². The Bertz CT molecular complexity index is 436. The van der Waals surface area contributed by atoms with Gasteiger partial charge in [0, 0.05) is 25.0 Å². The molecule has 0 aliphatic carbocycles. The van der Waals surface area contributed by atoms with Gasteiger partial charge in [-0.3, -0.25) is 0 Å². The summed E-state index contributed by atoms with van der Waals surface area (Å²) in [4.78, 5) is 0. The molecule has 0 bridgehead atoms. The Balaban J connectivity index is 1.99. The van der Waals surface area contributed by atoms with Crippen LogP contribution >= 0.6 is 0 Å². The maximum Gasteiger partial charge on any atom is 0.0645 e. The third kappa shape index (κ3) is 3.15. The average Bonchev–Trinajstić information content (AvgIpc) is 2.90. The molecule has 1 aromatic heterocycles. The number of aliphatic hydroxyl groups is 1. The highest BCUT2D eigenvalue weighted by molar-refractivity contribution is 5.33. The van der Waals surface area contributed by atoms with Crippen molar-refractivity contribution in [3.05, 3.63) is 48.3 Å². The SMILES string of the molecule is C[C@H](CO)NCc1ccc(-n2cccn2)cc1. The van der Waals surface area contributed by atoms with Crippen LogP contribution in [0.1, 0.15) is 12.5 Å². The lowest BCUT2D eigenvalue weighted by molar-refractivity contribution is 0.251. The van der Waals surface area contributed by atoms with E-state index in [1.54, 1.807) is 6.20 Å². The van der Waals surface area contributed by atoms with Crippen LogP contribution in [0, 0.1) is 0 Å². The molecule has 0 fully saturated rings. The summed E-state index contributed by atoms with van der Waals surface area (Å²) in [7, 11) is 0. The highest BCUT2D eigenvalue weighted by Gasteiger charge is 2.00. The summed E-state index contributed by atoms with van der Waals surface area (Å²) < 4.78 is 1.83. The smallest absolute Gasteiger partial charge is 0.0645 e. The first-order valence-electron chi connectivity index (χ1n) is 5.73. The van der Waals surface area contributed by atoms with E-state index in [0.29, 0.717) is 0 Å². The van der Waals surface area contributed by atoms with Gasteiger partial charge in [-0.1, -0.05) is 12.1 Å². The zero-order valence-corrected chi connectivity index (χ0v) is 9.87. The summed E-state index contributed by atoms with van der Waals surface area (Å²) in [5, 5.41) is 16.3. The number of aromatic nitrogens is 2. The number of benzene rings is 1. The van der Waals surface area contributed by atoms with Gasteiger partial charge >= 0.3 is 0 Å². The largest absolute Gasteiger partial charge is 0.395 e. The van der Waals surface area contributed by atoms with Gasteiger partial charge in [-0.15, -0.1) is 0 Å². The van der Waals surface area contributed by atoms with E-state index in [4.69, 9.17) is 5.11 Å². The van der Waals surface area contributed by atoms with Crippen LogP contribution in [0.4, 0.5) is 0 Å². The molecule has 2 N–H and O–H groups in total. The summed E-state index contributed by atoms with van der Waals surface area (Å²) in [6.07, 6.45) is 3.68. The average molecular weight is 231 g/mol. The van der Waals surface area contributed by atoms with Crippen molar-refractivity contribution in [2.45, 2.75) is 19.5 Å². The van der Waals surface area contributed by atoms with E-state index in [2.05, 4.69) is 22.5 Å². The van der Waals surface area contributed by atoms with Crippen LogP contribution in [0.2, 0.25) is 0 Å². The molecule has 1 atom stereocenters. The molecule has 4 nitrogen and oxygen atoms in total. The molecule has 0 spiro atoms. The Morgan fingerprint density at radius 3 is 2.71 bits per heavy atom. The van der Waals surface area contributed by atoms with Crippen molar-refractivity contribution in [3.8, 4) is 5.69 Å². The standard InChI is InChI=1S/C13H17N3O/c1-11(10-17)14-9-12-3-5-13(6-4-12)16-8-2-7-15-16/h2-8,11,14,17H,9-10H2,1H3/t11-/m1/s1. The van der Waals surface area contributed by atoms with Crippen LogP contribution in [-0.4, -0.2) is 27.5 Å². The first kappa shape index (κ1) is 11.8. The summed E-state index contributed by atoms with van der Waals surface area (Å²) in [6, 6.07) is 10.2. The monoisotopic (exact) mass is 231 g/mol.